The highest BCUT2D eigenvalue weighted by molar-refractivity contribution is 6.34. The van der Waals surface area contributed by atoms with Crippen LogP contribution in [0.1, 0.15) is 18.7 Å². The second-order valence-electron chi connectivity index (χ2n) is 4.59. The van der Waals surface area contributed by atoms with E-state index < -0.39 is 0 Å². The fraction of sp³-hybridized carbons (Fsp3) is 0.267. The summed E-state index contributed by atoms with van der Waals surface area (Å²) in [5, 5.41) is 0.921. The number of carbonyl (C=O) groups is 1. The van der Waals surface area contributed by atoms with Crippen LogP contribution >= 0.6 is 23.2 Å². The third-order valence-electron chi connectivity index (χ3n) is 3.13. The second-order valence-corrected chi connectivity index (χ2v) is 5.46. The zero-order valence-electron chi connectivity index (χ0n) is 11.7. The predicted octanol–water partition coefficient (Wildman–Crippen LogP) is 4.18. The van der Waals surface area contributed by atoms with E-state index in [4.69, 9.17) is 32.4 Å². The molecule has 0 aliphatic carbocycles. The monoisotopic (exact) mass is 327 g/mol. The number of amides is 1. The van der Waals surface area contributed by atoms with Gasteiger partial charge < -0.3 is 14.1 Å². The Morgan fingerprint density at radius 2 is 2.00 bits per heavy atom. The topological polar surface area (TPSA) is 42.7 Å². The van der Waals surface area contributed by atoms with Gasteiger partial charge in [-0.1, -0.05) is 23.2 Å². The summed E-state index contributed by atoms with van der Waals surface area (Å²) in [5.41, 5.74) is 0. The van der Waals surface area contributed by atoms with E-state index in [9.17, 15) is 4.79 Å². The van der Waals surface area contributed by atoms with Gasteiger partial charge in [0.1, 0.15) is 11.5 Å². The maximum atomic E-state index is 12.1. The molecule has 1 aromatic carbocycles. The van der Waals surface area contributed by atoms with Crippen LogP contribution in [0.3, 0.4) is 0 Å². The maximum Gasteiger partial charge on any atom is 0.260 e. The van der Waals surface area contributed by atoms with Gasteiger partial charge in [0.25, 0.3) is 5.91 Å². The van der Waals surface area contributed by atoms with Gasteiger partial charge in [0.05, 0.1) is 12.3 Å². The smallest absolute Gasteiger partial charge is 0.260 e. The summed E-state index contributed by atoms with van der Waals surface area (Å²) in [6.07, 6.45) is 1.58. The van der Waals surface area contributed by atoms with Crippen LogP contribution in [-0.2, 0) is 4.79 Å². The molecule has 0 saturated heterocycles. The number of furan rings is 1. The van der Waals surface area contributed by atoms with E-state index in [2.05, 4.69) is 0 Å². The Kier molecular flexibility index (Phi) is 5.15. The molecule has 0 fully saturated rings. The number of likely N-dealkylation sites (N-methyl/N-ethyl adjacent to an activating group) is 1. The van der Waals surface area contributed by atoms with Crippen molar-refractivity contribution in [2.24, 2.45) is 0 Å². The van der Waals surface area contributed by atoms with Gasteiger partial charge in [-0.3, -0.25) is 4.79 Å². The van der Waals surface area contributed by atoms with Crippen LogP contribution in [0.4, 0.5) is 0 Å². The number of hydrogen-bond donors (Lipinski definition) is 0. The van der Waals surface area contributed by atoms with Crippen molar-refractivity contribution >= 4 is 29.1 Å². The van der Waals surface area contributed by atoms with Crippen LogP contribution in [0.5, 0.6) is 5.75 Å². The molecule has 0 saturated carbocycles. The number of nitrogens with zero attached hydrogens (tertiary/aromatic N) is 1. The van der Waals surface area contributed by atoms with Gasteiger partial charge in [-0.15, -0.1) is 0 Å². The molecular formula is C15H15Cl2NO3. The van der Waals surface area contributed by atoms with E-state index in [1.54, 1.807) is 42.5 Å². The maximum absolute atomic E-state index is 12.1. The van der Waals surface area contributed by atoms with E-state index in [0.717, 1.165) is 5.76 Å². The summed E-state index contributed by atoms with van der Waals surface area (Å²) >= 11 is 11.7. The van der Waals surface area contributed by atoms with Gasteiger partial charge in [-0.2, -0.15) is 0 Å². The molecule has 1 heterocycles. The Bertz CT molecular complexity index is 593. The number of halogens is 2. The quantitative estimate of drug-likeness (QED) is 0.827. The summed E-state index contributed by atoms with van der Waals surface area (Å²) in [6.45, 7) is 1.78. The SMILES string of the molecule is CC(c1ccco1)N(C)C(=O)COc1cc(Cl)cc(Cl)c1. The molecule has 2 rings (SSSR count). The highest BCUT2D eigenvalue weighted by atomic mass is 35.5. The zero-order chi connectivity index (χ0) is 15.4. The number of ether oxygens (including phenoxy) is 1. The molecule has 0 radical (unpaired) electrons. The van der Waals surface area contributed by atoms with Crippen LogP contribution in [0.2, 0.25) is 10.0 Å². The predicted molar refractivity (Wildman–Crippen MR) is 81.9 cm³/mol. The van der Waals surface area contributed by atoms with Crippen LogP contribution in [0, 0.1) is 0 Å². The van der Waals surface area contributed by atoms with Crippen LogP contribution in [-0.4, -0.2) is 24.5 Å². The van der Waals surface area contributed by atoms with Crippen LogP contribution < -0.4 is 4.74 Å². The summed E-state index contributed by atoms with van der Waals surface area (Å²) < 4.78 is 10.7. The van der Waals surface area contributed by atoms with Crippen molar-refractivity contribution in [1.29, 1.82) is 0 Å². The van der Waals surface area contributed by atoms with E-state index in [-0.39, 0.29) is 18.6 Å². The lowest BCUT2D eigenvalue weighted by Crippen LogP contribution is -2.33. The standard InChI is InChI=1S/C15H15Cl2NO3/c1-10(14-4-3-5-20-14)18(2)15(19)9-21-13-7-11(16)6-12(17)8-13/h3-8,10H,9H2,1-2H3. The first-order valence-corrected chi connectivity index (χ1v) is 7.11. The van der Waals surface area contributed by atoms with Crippen molar-refractivity contribution in [1.82, 2.24) is 4.90 Å². The molecule has 0 aliphatic rings. The first-order chi connectivity index (χ1) is 9.97. The van der Waals surface area contributed by atoms with E-state index in [1.165, 1.54) is 0 Å². The number of hydrogen-bond acceptors (Lipinski definition) is 3. The van der Waals surface area contributed by atoms with Crippen molar-refractivity contribution in [2.75, 3.05) is 13.7 Å². The van der Waals surface area contributed by atoms with Gasteiger partial charge in [0, 0.05) is 17.1 Å². The number of benzene rings is 1. The molecule has 6 heteroatoms. The van der Waals surface area contributed by atoms with Crippen molar-refractivity contribution in [3.63, 3.8) is 0 Å². The second kappa shape index (κ2) is 6.87. The lowest BCUT2D eigenvalue weighted by atomic mass is 10.2. The molecule has 0 bridgehead atoms. The fourth-order valence-electron chi connectivity index (χ4n) is 1.79. The van der Waals surface area contributed by atoms with Crippen molar-refractivity contribution < 1.29 is 13.9 Å². The van der Waals surface area contributed by atoms with Crippen LogP contribution in [0.15, 0.2) is 41.0 Å². The molecular weight excluding hydrogens is 313 g/mol. The minimum atomic E-state index is -0.171. The molecule has 21 heavy (non-hydrogen) atoms. The third-order valence-corrected chi connectivity index (χ3v) is 3.56. The first kappa shape index (κ1) is 15.7. The van der Waals surface area contributed by atoms with Gasteiger partial charge in [-0.25, -0.2) is 0 Å². The fourth-order valence-corrected chi connectivity index (χ4v) is 2.30. The first-order valence-electron chi connectivity index (χ1n) is 6.35. The molecule has 1 aromatic heterocycles. The summed E-state index contributed by atoms with van der Waals surface area (Å²) in [7, 11) is 1.70. The summed E-state index contributed by atoms with van der Waals surface area (Å²) in [5.74, 6) is 1.01. The average molecular weight is 328 g/mol. The van der Waals surface area contributed by atoms with E-state index in [0.29, 0.717) is 15.8 Å². The number of rotatable bonds is 5. The Balaban J connectivity index is 1.95. The lowest BCUT2D eigenvalue weighted by molar-refractivity contribution is -0.134. The molecule has 4 nitrogen and oxygen atoms in total. The van der Waals surface area contributed by atoms with Crippen molar-refractivity contribution in [3.05, 3.63) is 52.4 Å². The Hall–Kier alpha value is -1.65. The Morgan fingerprint density at radius 3 is 2.57 bits per heavy atom. The minimum absolute atomic E-state index is 0.0990. The highest BCUT2D eigenvalue weighted by Crippen LogP contribution is 2.24. The molecule has 2 aromatic rings. The third kappa shape index (κ3) is 4.16. The van der Waals surface area contributed by atoms with Gasteiger partial charge >= 0.3 is 0 Å². The van der Waals surface area contributed by atoms with Gasteiger partial charge in [-0.05, 0) is 37.3 Å². The minimum Gasteiger partial charge on any atom is -0.484 e. The van der Waals surface area contributed by atoms with E-state index >= 15 is 0 Å². The van der Waals surface area contributed by atoms with E-state index in [1.807, 2.05) is 13.0 Å². The molecule has 1 amide bonds. The normalized spacial score (nSPS) is 12.0. The molecule has 112 valence electrons. The summed E-state index contributed by atoms with van der Waals surface area (Å²) in [6, 6.07) is 8.26. The summed E-state index contributed by atoms with van der Waals surface area (Å²) in [4.78, 5) is 13.7. The largest absolute Gasteiger partial charge is 0.484 e. The molecule has 0 aliphatic heterocycles. The van der Waals surface area contributed by atoms with Gasteiger partial charge in [0.2, 0.25) is 0 Å². The number of carbonyl (C=O) groups excluding carboxylic acids is 1. The van der Waals surface area contributed by atoms with Gasteiger partial charge in [0.15, 0.2) is 6.61 Å². The molecule has 1 unspecified atom stereocenters. The molecule has 0 spiro atoms. The zero-order valence-corrected chi connectivity index (χ0v) is 13.2. The Labute approximate surface area is 133 Å². The van der Waals surface area contributed by atoms with Crippen molar-refractivity contribution in [3.8, 4) is 5.75 Å². The highest BCUT2D eigenvalue weighted by Gasteiger charge is 2.19. The molecule has 0 N–H and O–H groups in total. The lowest BCUT2D eigenvalue weighted by Gasteiger charge is -2.23. The van der Waals surface area contributed by atoms with Crippen LogP contribution in [0.25, 0.3) is 0 Å². The average Bonchev–Trinajstić information content (AvgIpc) is 2.96. The molecule has 1 atom stereocenters. The van der Waals surface area contributed by atoms with Crippen molar-refractivity contribution in [2.45, 2.75) is 13.0 Å². The Morgan fingerprint density at radius 1 is 1.33 bits per heavy atom.